The van der Waals surface area contributed by atoms with Gasteiger partial charge in [-0.1, -0.05) is 13.0 Å². The molecule has 1 unspecified atom stereocenters. The maximum atomic E-state index is 5.78. The predicted octanol–water partition coefficient (Wildman–Crippen LogP) is 1.68. The van der Waals surface area contributed by atoms with Gasteiger partial charge in [0.1, 0.15) is 5.82 Å². The van der Waals surface area contributed by atoms with Crippen LogP contribution < -0.4 is 5.73 Å². The van der Waals surface area contributed by atoms with Gasteiger partial charge in [-0.05, 0) is 26.6 Å². The van der Waals surface area contributed by atoms with E-state index in [1.807, 2.05) is 12.1 Å². The van der Waals surface area contributed by atoms with E-state index >= 15 is 0 Å². The van der Waals surface area contributed by atoms with Crippen molar-refractivity contribution in [1.82, 2.24) is 9.88 Å². The van der Waals surface area contributed by atoms with E-state index in [1.54, 1.807) is 6.20 Å². The summed E-state index contributed by atoms with van der Waals surface area (Å²) < 4.78 is 0. The molecule has 1 aromatic heterocycles. The lowest BCUT2D eigenvalue weighted by Gasteiger charge is -2.23. The Morgan fingerprint density at radius 3 is 2.85 bits per heavy atom. The van der Waals surface area contributed by atoms with E-state index < -0.39 is 0 Å². The van der Waals surface area contributed by atoms with Crippen LogP contribution in [0.15, 0.2) is 18.3 Å². The van der Waals surface area contributed by atoms with Gasteiger partial charge in [0.2, 0.25) is 0 Å². The Morgan fingerprint density at radius 1 is 1.62 bits per heavy atom. The number of hydrogen-bond donors (Lipinski definition) is 1. The number of rotatable bonds is 3. The molecule has 72 valence electrons. The van der Waals surface area contributed by atoms with Crippen molar-refractivity contribution in [2.45, 2.75) is 19.9 Å². The van der Waals surface area contributed by atoms with Crippen LogP contribution in [0, 0.1) is 0 Å². The Kier molecular flexibility index (Phi) is 3.25. The smallest absolute Gasteiger partial charge is 0.128 e. The number of pyridine rings is 1. The number of nitrogen functional groups attached to an aromatic ring is 1. The van der Waals surface area contributed by atoms with Crippen molar-refractivity contribution >= 4 is 5.82 Å². The number of nitrogens with two attached hydrogens (primary N) is 1. The summed E-state index contributed by atoms with van der Waals surface area (Å²) in [6, 6.07) is 4.28. The van der Waals surface area contributed by atoms with Gasteiger partial charge >= 0.3 is 0 Å². The molecule has 1 aromatic rings. The Morgan fingerprint density at radius 2 is 2.31 bits per heavy atom. The third kappa shape index (κ3) is 2.18. The molecule has 0 aliphatic heterocycles. The van der Waals surface area contributed by atoms with E-state index in [0.29, 0.717) is 11.9 Å². The fraction of sp³-hybridized carbons (Fsp3) is 0.500. The lowest BCUT2D eigenvalue weighted by molar-refractivity contribution is 0.276. The summed E-state index contributed by atoms with van der Waals surface area (Å²) in [4.78, 5) is 6.30. The molecule has 0 bridgehead atoms. The summed E-state index contributed by atoms with van der Waals surface area (Å²) in [6.07, 6.45) is 1.72. The van der Waals surface area contributed by atoms with Crippen LogP contribution in [0.1, 0.15) is 25.5 Å². The molecule has 0 aliphatic carbocycles. The highest BCUT2D eigenvalue weighted by Crippen LogP contribution is 2.21. The van der Waals surface area contributed by atoms with E-state index in [9.17, 15) is 0 Å². The molecule has 0 spiro atoms. The molecule has 0 saturated carbocycles. The van der Waals surface area contributed by atoms with Gasteiger partial charge in [-0.25, -0.2) is 4.98 Å². The zero-order chi connectivity index (χ0) is 9.84. The van der Waals surface area contributed by atoms with Gasteiger partial charge in [0.15, 0.2) is 0 Å². The van der Waals surface area contributed by atoms with Gasteiger partial charge in [0.05, 0.1) is 0 Å². The maximum Gasteiger partial charge on any atom is 0.128 e. The lowest BCUT2D eigenvalue weighted by atomic mass is 10.1. The lowest BCUT2D eigenvalue weighted by Crippen LogP contribution is -2.22. The minimum atomic E-state index is 0.332. The fourth-order valence-corrected chi connectivity index (χ4v) is 1.29. The van der Waals surface area contributed by atoms with Gasteiger partial charge in [-0.2, -0.15) is 0 Å². The summed E-state index contributed by atoms with van der Waals surface area (Å²) in [5.41, 5.74) is 6.88. The van der Waals surface area contributed by atoms with E-state index in [1.165, 1.54) is 0 Å². The van der Waals surface area contributed by atoms with Gasteiger partial charge < -0.3 is 5.73 Å². The Hall–Kier alpha value is -1.09. The largest absolute Gasteiger partial charge is 0.383 e. The first-order valence-corrected chi connectivity index (χ1v) is 4.57. The third-order valence-corrected chi connectivity index (χ3v) is 2.48. The first-order chi connectivity index (χ1) is 6.16. The fourth-order valence-electron chi connectivity index (χ4n) is 1.29. The summed E-state index contributed by atoms with van der Waals surface area (Å²) >= 11 is 0. The number of nitrogens with zero attached hydrogens (tertiary/aromatic N) is 2. The molecule has 0 aromatic carbocycles. The molecule has 1 rings (SSSR count). The average molecular weight is 179 g/mol. The highest BCUT2D eigenvalue weighted by atomic mass is 15.1. The molecule has 0 fully saturated rings. The van der Waals surface area contributed by atoms with Crippen molar-refractivity contribution in [2.75, 3.05) is 19.3 Å². The quantitative estimate of drug-likeness (QED) is 0.767. The van der Waals surface area contributed by atoms with Crippen LogP contribution >= 0.6 is 0 Å². The van der Waals surface area contributed by atoms with Gasteiger partial charge in [-0.15, -0.1) is 0 Å². The molecule has 1 heterocycles. The Labute approximate surface area is 79.6 Å². The van der Waals surface area contributed by atoms with Crippen LogP contribution in [0.4, 0.5) is 5.82 Å². The molecule has 0 radical (unpaired) electrons. The van der Waals surface area contributed by atoms with E-state index in [0.717, 1.165) is 12.1 Å². The normalized spacial score (nSPS) is 13.2. The van der Waals surface area contributed by atoms with Crippen LogP contribution in [-0.2, 0) is 0 Å². The average Bonchev–Trinajstić information content (AvgIpc) is 2.16. The van der Waals surface area contributed by atoms with Gasteiger partial charge in [0.25, 0.3) is 0 Å². The topological polar surface area (TPSA) is 42.2 Å². The van der Waals surface area contributed by atoms with Crippen LogP contribution in [0.3, 0.4) is 0 Å². The standard InChI is InChI=1S/C10H17N3/c1-4-13(3)8(2)9-6-5-7-12-10(9)11/h5-8H,4H2,1-3H3,(H2,11,12). The van der Waals surface area contributed by atoms with Crippen LogP contribution in [0.5, 0.6) is 0 Å². The SMILES string of the molecule is CCN(C)C(C)c1cccnc1N. The number of anilines is 1. The van der Waals surface area contributed by atoms with Gasteiger partial charge in [-0.3, -0.25) is 4.90 Å². The second-order valence-electron chi connectivity index (χ2n) is 3.23. The minimum Gasteiger partial charge on any atom is -0.383 e. The summed E-state index contributed by atoms with van der Waals surface area (Å²) in [7, 11) is 2.08. The van der Waals surface area contributed by atoms with Gasteiger partial charge in [0, 0.05) is 17.8 Å². The van der Waals surface area contributed by atoms with E-state index in [2.05, 4.69) is 30.8 Å². The maximum absolute atomic E-state index is 5.78. The molecule has 0 aliphatic rings. The van der Waals surface area contributed by atoms with Crippen molar-refractivity contribution < 1.29 is 0 Å². The minimum absolute atomic E-state index is 0.332. The number of aromatic nitrogens is 1. The van der Waals surface area contributed by atoms with E-state index in [4.69, 9.17) is 5.73 Å². The first-order valence-electron chi connectivity index (χ1n) is 4.57. The molecule has 3 heteroatoms. The zero-order valence-electron chi connectivity index (χ0n) is 8.49. The molecule has 2 N–H and O–H groups in total. The highest BCUT2D eigenvalue weighted by molar-refractivity contribution is 5.40. The second kappa shape index (κ2) is 4.23. The zero-order valence-corrected chi connectivity index (χ0v) is 8.49. The van der Waals surface area contributed by atoms with Crippen molar-refractivity contribution in [2.24, 2.45) is 0 Å². The molecule has 13 heavy (non-hydrogen) atoms. The Bertz CT molecular complexity index is 273. The van der Waals surface area contributed by atoms with Crippen LogP contribution in [0.25, 0.3) is 0 Å². The number of hydrogen-bond acceptors (Lipinski definition) is 3. The molecular weight excluding hydrogens is 162 g/mol. The van der Waals surface area contributed by atoms with E-state index in [-0.39, 0.29) is 0 Å². The second-order valence-corrected chi connectivity index (χ2v) is 3.23. The van der Waals surface area contributed by atoms with Crippen molar-refractivity contribution in [3.05, 3.63) is 23.9 Å². The summed E-state index contributed by atoms with van der Waals surface area (Å²) in [5, 5.41) is 0. The van der Waals surface area contributed by atoms with Crippen molar-refractivity contribution in [3.8, 4) is 0 Å². The predicted molar refractivity (Wildman–Crippen MR) is 55.4 cm³/mol. The van der Waals surface area contributed by atoms with Crippen molar-refractivity contribution in [3.63, 3.8) is 0 Å². The molecule has 1 atom stereocenters. The molecule has 3 nitrogen and oxygen atoms in total. The first kappa shape index (κ1) is 9.99. The highest BCUT2D eigenvalue weighted by Gasteiger charge is 2.12. The molecular formula is C10H17N3. The van der Waals surface area contributed by atoms with Crippen LogP contribution in [0.2, 0.25) is 0 Å². The van der Waals surface area contributed by atoms with Crippen molar-refractivity contribution in [1.29, 1.82) is 0 Å². The summed E-state index contributed by atoms with van der Waals surface area (Å²) in [5.74, 6) is 0.635. The molecule has 0 amide bonds. The third-order valence-electron chi connectivity index (χ3n) is 2.48. The molecule has 0 saturated heterocycles. The van der Waals surface area contributed by atoms with Crippen LogP contribution in [-0.4, -0.2) is 23.5 Å². The monoisotopic (exact) mass is 179 g/mol. The summed E-state index contributed by atoms with van der Waals surface area (Å²) in [6.45, 7) is 5.27. The Balaban J connectivity index is 2.88.